The number of aryl methyl sites for hydroxylation is 1. The van der Waals surface area contributed by atoms with Crippen molar-refractivity contribution in [3.63, 3.8) is 0 Å². The van der Waals surface area contributed by atoms with Gasteiger partial charge in [0.2, 0.25) is 11.8 Å². The molecule has 0 aromatic heterocycles. The van der Waals surface area contributed by atoms with Crippen molar-refractivity contribution in [2.45, 2.75) is 39.2 Å². The highest BCUT2D eigenvalue weighted by atomic mass is 16.5. The van der Waals surface area contributed by atoms with Crippen LogP contribution in [0.25, 0.3) is 0 Å². The van der Waals surface area contributed by atoms with Crippen LogP contribution in [-0.2, 0) is 20.8 Å². The van der Waals surface area contributed by atoms with Gasteiger partial charge >= 0.3 is 5.97 Å². The Kier molecular flexibility index (Phi) is 8.46. The van der Waals surface area contributed by atoms with Gasteiger partial charge in [-0.25, -0.2) is 4.79 Å². The minimum atomic E-state index is -1.08. The Morgan fingerprint density at radius 1 is 1.20 bits per heavy atom. The molecule has 0 radical (unpaired) electrons. The lowest BCUT2D eigenvalue weighted by Gasteiger charge is -2.16. The van der Waals surface area contributed by atoms with Crippen LogP contribution in [0.4, 0.5) is 0 Å². The van der Waals surface area contributed by atoms with Crippen molar-refractivity contribution in [2.24, 2.45) is 5.92 Å². The summed E-state index contributed by atoms with van der Waals surface area (Å²) in [7, 11) is 1.58. The first-order chi connectivity index (χ1) is 11.8. The molecular weight excluding hydrogens is 324 g/mol. The fourth-order valence-corrected chi connectivity index (χ4v) is 2.29. The zero-order valence-corrected chi connectivity index (χ0v) is 14.9. The average Bonchev–Trinajstić information content (AvgIpc) is 2.57. The van der Waals surface area contributed by atoms with E-state index in [9.17, 15) is 14.4 Å². The van der Waals surface area contributed by atoms with Gasteiger partial charge in [-0.15, -0.1) is 0 Å². The van der Waals surface area contributed by atoms with E-state index in [1.165, 1.54) is 0 Å². The molecule has 7 heteroatoms. The summed E-state index contributed by atoms with van der Waals surface area (Å²) in [6, 6.07) is 6.47. The molecule has 0 unspecified atom stereocenters. The summed E-state index contributed by atoms with van der Waals surface area (Å²) in [4.78, 5) is 34.7. The number of carboxylic acids is 1. The molecule has 0 saturated carbocycles. The monoisotopic (exact) mass is 350 g/mol. The van der Waals surface area contributed by atoms with Gasteiger partial charge in [-0.3, -0.25) is 9.59 Å². The smallest absolute Gasteiger partial charge is 0.326 e. The summed E-state index contributed by atoms with van der Waals surface area (Å²) in [5, 5.41) is 14.0. The van der Waals surface area contributed by atoms with Crippen molar-refractivity contribution in [1.29, 1.82) is 0 Å². The Morgan fingerprint density at radius 2 is 1.92 bits per heavy atom. The summed E-state index contributed by atoms with van der Waals surface area (Å²) in [5.74, 6) is -0.996. The number of amides is 2. The van der Waals surface area contributed by atoms with E-state index in [0.717, 1.165) is 11.3 Å². The molecule has 0 aliphatic carbocycles. The van der Waals surface area contributed by atoms with Crippen LogP contribution >= 0.6 is 0 Å². The second-order valence-corrected chi connectivity index (χ2v) is 6.22. The third-order valence-corrected chi connectivity index (χ3v) is 3.56. The summed E-state index contributed by atoms with van der Waals surface area (Å²) < 4.78 is 5.12. The number of nitrogens with one attached hydrogen (secondary N) is 2. The predicted octanol–water partition coefficient (Wildman–Crippen LogP) is 1.36. The SMILES string of the molecule is COc1cccc(CCC(=O)NCC(=O)N[C@@H](CC(C)C)C(=O)O)c1. The quantitative estimate of drug-likeness (QED) is 0.591. The van der Waals surface area contributed by atoms with Crippen LogP contribution in [0, 0.1) is 5.92 Å². The minimum Gasteiger partial charge on any atom is -0.497 e. The minimum absolute atomic E-state index is 0.138. The van der Waals surface area contributed by atoms with Crippen molar-refractivity contribution < 1.29 is 24.2 Å². The summed E-state index contributed by atoms with van der Waals surface area (Å²) in [6.45, 7) is 3.52. The van der Waals surface area contributed by atoms with Crippen molar-refractivity contribution in [2.75, 3.05) is 13.7 Å². The number of hydrogen-bond acceptors (Lipinski definition) is 4. The molecule has 7 nitrogen and oxygen atoms in total. The molecule has 0 spiro atoms. The summed E-state index contributed by atoms with van der Waals surface area (Å²) in [5.41, 5.74) is 0.960. The van der Waals surface area contributed by atoms with E-state index in [1.54, 1.807) is 7.11 Å². The van der Waals surface area contributed by atoms with Crippen LogP contribution in [0.3, 0.4) is 0 Å². The lowest BCUT2D eigenvalue weighted by atomic mass is 10.0. The van der Waals surface area contributed by atoms with Crippen molar-refractivity contribution in [3.05, 3.63) is 29.8 Å². The Balaban J connectivity index is 2.37. The van der Waals surface area contributed by atoms with Gasteiger partial charge in [0.05, 0.1) is 13.7 Å². The number of rotatable bonds is 10. The number of methoxy groups -OCH3 is 1. The first-order valence-electron chi connectivity index (χ1n) is 8.23. The van der Waals surface area contributed by atoms with Crippen LogP contribution in [0.2, 0.25) is 0 Å². The normalized spacial score (nSPS) is 11.7. The van der Waals surface area contributed by atoms with Crippen molar-refractivity contribution in [1.82, 2.24) is 10.6 Å². The van der Waals surface area contributed by atoms with E-state index in [2.05, 4.69) is 10.6 Å². The van der Waals surface area contributed by atoms with Gasteiger partial charge in [0.25, 0.3) is 0 Å². The van der Waals surface area contributed by atoms with Gasteiger partial charge < -0.3 is 20.5 Å². The molecule has 0 aliphatic heterocycles. The maximum absolute atomic E-state index is 11.8. The molecular formula is C18H26N2O5. The van der Waals surface area contributed by atoms with E-state index in [0.29, 0.717) is 12.8 Å². The summed E-state index contributed by atoms with van der Waals surface area (Å²) in [6.07, 6.45) is 1.09. The van der Waals surface area contributed by atoms with Gasteiger partial charge in [0, 0.05) is 6.42 Å². The number of aliphatic carboxylic acids is 1. The van der Waals surface area contributed by atoms with E-state index in [1.807, 2.05) is 38.1 Å². The van der Waals surface area contributed by atoms with E-state index >= 15 is 0 Å². The maximum Gasteiger partial charge on any atom is 0.326 e. The lowest BCUT2D eigenvalue weighted by Crippen LogP contribution is -2.46. The third-order valence-electron chi connectivity index (χ3n) is 3.56. The van der Waals surface area contributed by atoms with Crippen LogP contribution < -0.4 is 15.4 Å². The molecule has 138 valence electrons. The van der Waals surface area contributed by atoms with Crippen molar-refractivity contribution >= 4 is 17.8 Å². The molecule has 0 fully saturated rings. The second kappa shape index (κ2) is 10.3. The van der Waals surface area contributed by atoms with Gasteiger partial charge in [0.15, 0.2) is 0 Å². The van der Waals surface area contributed by atoms with Crippen LogP contribution in [0.15, 0.2) is 24.3 Å². The second-order valence-electron chi connectivity index (χ2n) is 6.22. The van der Waals surface area contributed by atoms with Gasteiger partial charge in [0.1, 0.15) is 11.8 Å². The number of carbonyl (C=O) groups excluding carboxylic acids is 2. The van der Waals surface area contributed by atoms with Crippen LogP contribution in [0.1, 0.15) is 32.3 Å². The molecule has 3 N–H and O–H groups in total. The van der Waals surface area contributed by atoms with E-state index in [4.69, 9.17) is 9.84 Å². The maximum atomic E-state index is 11.8. The zero-order chi connectivity index (χ0) is 18.8. The fourth-order valence-electron chi connectivity index (χ4n) is 2.29. The number of ether oxygens (including phenoxy) is 1. The van der Waals surface area contributed by atoms with Crippen LogP contribution in [-0.4, -0.2) is 42.6 Å². The largest absolute Gasteiger partial charge is 0.497 e. The first-order valence-corrected chi connectivity index (χ1v) is 8.23. The molecule has 0 bridgehead atoms. The highest BCUT2D eigenvalue weighted by molar-refractivity contribution is 5.87. The molecule has 2 amide bonds. The van der Waals surface area contributed by atoms with E-state index < -0.39 is 17.9 Å². The Morgan fingerprint density at radius 3 is 2.52 bits per heavy atom. The van der Waals surface area contributed by atoms with Crippen molar-refractivity contribution in [3.8, 4) is 5.75 Å². The predicted molar refractivity (Wildman–Crippen MR) is 93.3 cm³/mol. The van der Waals surface area contributed by atoms with Gasteiger partial charge in [-0.2, -0.15) is 0 Å². The molecule has 1 aromatic rings. The lowest BCUT2D eigenvalue weighted by molar-refractivity contribution is -0.142. The number of carbonyl (C=O) groups is 3. The summed E-state index contributed by atoms with van der Waals surface area (Å²) >= 11 is 0. The van der Waals surface area contributed by atoms with Gasteiger partial charge in [-0.05, 0) is 36.5 Å². The highest BCUT2D eigenvalue weighted by Gasteiger charge is 2.21. The first kappa shape index (κ1) is 20.5. The highest BCUT2D eigenvalue weighted by Crippen LogP contribution is 2.13. The fraction of sp³-hybridized carbons (Fsp3) is 0.500. The van der Waals surface area contributed by atoms with E-state index in [-0.39, 0.29) is 24.8 Å². The van der Waals surface area contributed by atoms with Gasteiger partial charge in [-0.1, -0.05) is 26.0 Å². The number of benzene rings is 1. The molecule has 1 rings (SSSR count). The standard InChI is InChI=1S/C18H26N2O5/c1-12(2)9-15(18(23)24)20-17(22)11-19-16(21)8-7-13-5-4-6-14(10-13)25-3/h4-6,10,12,15H,7-9,11H2,1-3H3,(H,19,21)(H,20,22)(H,23,24)/t15-/m0/s1. The Bertz CT molecular complexity index is 601. The molecule has 25 heavy (non-hydrogen) atoms. The number of carboxylic acid groups (broad SMARTS) is 1. The molecule has 0 heterocycles. The molecule has 0 saturated heterocycles. The molecule has 1 aromatic carbocycles. The molecule has 1 atom stereocenters. The third kappa shape index (κ3) is 8.19. The topological polar surface area (TPSA) is 105 Å². The zero-order valence-electron chi connectivity index (χ0n) is 14.9. The molecule has 0 aliphatic rings. The Hall–Kier alpha value is -2.57. The Labute approximate surface area is 147 Å². The average molecular weight is 350 g/mol. The number of hydrogen-bond donors (Lipinski definition) is 3. The van der Waals surface area contributed by atoms with Crippen LogP contribution in [0.5, 0.6) is 5.75 Å².